The molecule has 0 unspecified atom stereocenters. The van der Waals surface area contributed by atoms with Gasteiger partial charge in [0.1, 0.15) is 6.33 Å². The molecule has 12 heavy (non-hydrogen) atoms. The maximum atomic E-state index is 5.02. The molecule has 0 radical (unpaired) electrons. The Balaban J connectivity index is 0.000000120. The summed E-state index contributed by atoms with van der Waals surface area (Å²) in [6.07, 6.45) is 2.60. The Hall–Kier alpha value is -2.12. The van der Waals surface area contributed by atoms with Crippen LogP contribution in [0.25, 0.3) is 0 Å². The summed E-state index contributed by atoms with van der Waals surface area (Å²) < 4.78 is 4.39. The highest BCUT2D eigenvalue weighted by Crippen LogP contribution is 1.85. The molecule has 0 aliphatic rings. The van der Waals surface area contributed by atoms with Crippen LogP contribution in [0.4, 0.5) is 12.0 Å². The fourth-order valence-corrected chi connectivity index (χ4v) is 0.400. The maximum absolute atomic E-state index is 5.02. The molecule has 2 heterocycles. The first-order valence-corrected chi connectivity index (χ1v) is 2.92. The largest absolute Gasteiger partial charge is 0.411 e. The number of nitrogens with one attached hydrogen (secondary N) is 1. The molecule has 0 aliphatic heterocycles. The zero-order valence-corrected chi connectivity index (χ0v) is 6.01. The number of nitrogens with zero attached hydrogens (tertiary/aromatic N) is 4. The average molecular weight is 169 g/mol. The van der Waals surface area contributed by atoms with Gasteiger partial charge in [-0.25, -0.2) is 4.98 Å². The van der Waals surface area contributed by atoms with Crippen molar-refractivity contribution >= 4 is 12.0 Å². The van der Waals surface area contributed by atoms with Gasteiger partial charge in [-0.3, -0.25) is 5.10 Å². The molecular formula is C4H7N7O. The molecular weight excluding hydrogens is 162 g/mol. The van der Waals surface area contributed by atoms with E-state index in [1.807, 2.05) is 0 Å². The fraction of sp³-hybridized carbons (Fsp3) is 0. The molecule has 0 spiro atoms. The van der Waals surface area contributed by atoms with Crippen LogP contribution in [0.3, 0.4) is 0 Å². The molecule has 0 bridgehead atoms. The molecule has 0 aromatic carbocycles. The minimum atomic E-state index is 0.106. The minimum absolute atomic E-state index is 0.106. The van der Waals surface area contributed by atoms with Gasteiger partial charge in [0.2, 0.25) is 12.3 Å². The third kappa shape index (κ3) is 2.64. The number of aromatic nitrogens is 5. The second-order valence-electron chi connectivity index (χ2n) is 1.63. The van der Waals surface area contributed by atoms with Crippen LogP contribution in [0.5, 0.6) is 0 Å². The highest BCUT2D eigenvalue weighted by atomic mass is 16.4. The standard InChI is InChI=1S/C2H4N4.C2H3N3O/c3-2-4-1-5-6-2;3-2-5-4-1-6-2/h1H,(H3,3,4,5,6);1H,(H2,3,5). The van der Waals surface area contributed by atoms with Crippen LogP contribution < -0.4 is 11.5 Å². The number of H-pyrrole nitrogens is 1. The van der Waals surface area contributed by atoms with Crippen molar-refractivity contribution in [2.45, 2.75) is 0 Å². The number of nitrogen functional groups attached to an aromatic ring is 2. The monoisotopic (exact) mass is 169 g/mol. The van der Waals surface area contributed by atoms with E-state index < -0.39 is 0 Å². The highest BCUT2D eigenvalue weighted by molar-refractivity contribution is 5.07. The van der Waals surface area contributed by atoms with E-state index in [9.17, 15) is 0 Å². The highest BCUT2D eigenvalue weighted by Gasteiger charge is 1.80. The molecule has 0 saturated carbocycles. The van der Waals surface area contributed by atoms with E-state index in [1.165, 1.54) is 12.7 Å². The van der Waals surface area contributed by atoms with Crippen molar-refractivity contribution in [3.8, 4) is 0 Å². The zero-order valence-electron chi connectivity index (χ0n) is 6.01. The lowest BCUT2D eigenvalue weighted by Gasteiger charge is -1.65. The van der Waals surface area contributed by atoms with E-state index in [0.717, 1.165) is 0 Å². The lowest BCUT2D eigenvalue weighted by Crippen LogP contribution is -1.84. The molecule has 64 valence electrons. The fourth-order valence-electron chi connectivity index (χ4n) is 0.400. The lowest BCUT2D eigenvalue weighted by atomic mass is 11.1. The number of nitrogens with two attached hydrogens (primary N) is 2. The van der Waals surface area contributed by atoms with Gasteiger partial charge in [-0.2, -0.15) is 0 Å². The molecule has 0 saturated heterocycles. The van der Waals surface area contributed by atoms with Crippen LogP contribution in [0.1, 0.15) is 0 Å². The van der Waals surface area contributed by atoms with Crippen molar-refractivity contribution in [2.75, 3.05) is 11.5 Å². The summed E-state index contributed by atoms with van der Waals surface area (Å²) in [5.74, 6) is 0.287. The SMILES string of the molecule is Nc1nc[nH]n1.Nc1nnco1. The van der Waals surface area contributed by atoms with Gasteiger partial charge in [0.05, 0.1) is 0 Å². The first kappa shape index (κ1) is 7.98. The number of rotatable bonds is 0. The number of hydrogen-bond donors (Lipinski definition) is 3. The predicted octanol–water partition coefficient (Wildman–Crippen LogP) is -0.961. The van der Waals surface area contributed by atoms with E-state index >= 15 is 0 Å². The molecule has 0 aliphatic carbocycles. The average Bonchev–Trinajstić information content (AvgIpc) is 2.63. The van der Waals surface area contributed by atoms with Crippen molar-refractivity contribution in [1.29, 1.82) is 0 Å². The second-order valence-corrected chi connectivity index (χ2v) is 1.63. The third-order valence-corrected chi connectivity index (χ3v) is 0.811. The van der Waals surface area contributed by atoms with Crippen molar-refractivity contribution < 1.29 is 4.42 Å². The predicted molar refractivity (Wildman–Crippen MR) is 39.5 cm³/mol. The quantitative estimate of drug-likeness (QED) is 0.462. The molecule has 5 N–H and O–H groups in total. The van der Waals surface area contributed by atoms with Crippen LogP contribution in [-0.4, -0.2) is 25.4 Å². The smallest absolute Gasteiger partial charge is 0.312 e. The molecule has 2 aromatic rings. The van der Waals surface area contributed by atoms with Gasteiger partial charge in [0, 0.05) is 0 Å². The Morgan fingerprint density at radius 1 is 1.42 bits per heavy atom. The molecule has 8 nitrogen and oxygen atoms in total. The third-order valence-electron chi connectivity index (χ3n) is 0.811. The van der Waals surface area contributed by atoms with Gasteiger partial charge in [-0.1, -0.05) is 5.10 Å². The first-order chi connectivity index (χ1) is 5.79. The van der Waals surface area contributed by atoms with E-state index in [2.05, 4.69) is 29.8 Å². The van der Waals surface area contributed by atoms with Gasteiger partial charge >= 0.3 is 6.01 Å². The summed E-state index contributed by atoms with van der Waals surface area (Å²) in [6.45, 7) is 0. The molecule has 0 amide bonds. The molecule has 0 fully saturated rings. The van der Waals surface area contributed by atoms with Gasteiger partial charge in [-0.05, 0) is 0 Å². The van der Waals surface area contributed by atoms with Crippen LogP contribution in [0.2, 0.25) is 0 Å². The Morgan fingerprint density at radius 3 is 2.42 bits per heavy atom. The number of hydrogen-bond acceptors (Lipinski definition) is 7. The minimum Gasteiger partial charge on any atom is -0.411 e. The van der Waals surface area contributed by atoms with Gasteiger partial charge in [0.25, 0.3) is 0 Å². The molecule has 8 heteroatoms. The summed E-state index contributed by atoms with van der Waals surface area (Å²) >= 11 is 0. The van der Waals surface area contributed by atoms with Gasteiger partial charge < -0.3 is 15.9 Å². The summed E-state index contributed by atoms with van der Waals surface area (Å²) in [5, 5.41) is 12.5. The number of anilines is 2. The summed E-state index contributed by atoms with van der Waals surface area (Å²) in [6, 6.07) is 0.106. The van der Waals surface area contributed by atoms with Crippen molar-refractivity contribution in [3.63, 3.8) is 0 Å². The van der Waals surface area contributed by atoms with Gasteiger partial charge in [0.15, 0.2) is 0 Å². The number of aromatic amines is 1. The van der Waals surface area contributed by atoms with E-state index in [-0.39, 0.29) is 12.0 Å². The topological polar surface area (TPSA) is 133 Å². The Morgan fingerprint density at radius 2 is 2.25 bits per heavy atom. The molecule has 2 aromatic heterocycles. The maximum Gasteiger partial charge on any atom is 0.312 e. The zero-order chi connectivity index (χ0) is 8.81. The Kier molecular flexibility index (Phi) is 2.60. The summed E-state index contributed by atoms with van der Waals surface area (Å²) in [4.78, 5) is 3.53. The van der Waals surface area contributed by atoms with Crippen LogP contribution in [0, 0.1) is 0 Å². The van der Waals surface area contributed by atoms with Crippen LogP contribution >= 0.6 is 0 Å². The van der Waals surface area contributed by atoms with Crippen molar-refractivity contribution in [2.24, 2.45) is 0 Å². The lowest BCUT2D eigenvalue weighted by molar-refractivity contribution is 0.574. The first-order valence-electron chi connectivity index (χ1n) is 2.92. The van der Waals surface area contributed by atoms with Crippen LogP contribution in [-0.2, 0) is 0 Å². The van der Waals surface area contributed by atoms with Gasteiger partial charge in [-0.15, -0.1) is 10.2 Å². The van der Waals surface area contributed by atoms with E-state index in [4.69, 9.17) is 11.5 Å². The molecule has 2 rings (SSSR count). The normalized spacial score (nSPS) is 8.67. The Labute approximate surface area is 67.0 Å². The van der Waals surface area contributed by atoms with E-state index in [1.54, 1.807) is 0 Å². The summed E-state index contributed by atoms with van der Waals surface area (Å²) in [5.41, 5.74) is 9.96. The Bertz CT molecular complexity index is 255. The van der Waals surface area contributed by atoms with Crippen molar-refractivity contribution in [1.82, 2.24) is 25.4 Å². The summed E-state index contributed by atoms with van der Waals surface area (Å²) in [7, 11) is 0. The van der Waals surface area contributed by atoms with E-state index in [0.29, 0.717) is 0 Å². The van der Waals surface area contributed by atoms with Crippen molar-refractivity contribution in [3.05, 3.63) is 12.7 Å². The molecule has 0 atom stereocenters. The van der Waals surface area contributed by atoms with Crippen LogP contribution in [0.15, 0.2) is 17.1 Å². The second kappa shape index (κ2) is 3.91.